The van der Waals surface area contributed by atoms with Gasteiger partial charge in [0.25, 0.3) is 11.9 Å². The Bertz CT molecular complexity index is 1510. The number of aromatic nitrogens is 2. The molecular formula is C32H40N6O5S. The van der Waals surface area contributed by atoms with Crippen molar-refractivity contribution >= 4 is 40.5 Å². The predicted octanol–water partition coefficient (Wildman–Crippen LogP) is 4.35. The van der Waals surface area contributed by atoms with Crippen LogP contribution in [0, 0.1) is 0 Å². The molecular weight excluding hydrogens is 580 g/mol. The minimum absolute atomic E-state index is 0.00812. The van der Waals surface area contributed by atoms with E-state index < -0.39 is 18.2 Å². The standard InChI is InChI=1S/C32H40N6O5S/c1-3-21(2)38(30(40)23-9-10-26-29(16-23)43-31(35-26)37-13-11-24(33)12-14-37)18-28(39)27(15-22-7-5-4-6-8-22)36-32(41)42-19-25-17-34-20-44-25/h4-10,16-17,20-21,24,27-28,39H,3,11-15,18-19,33H2,1-2H3,(H,36,41)/t21?,27-,28?/m0/s1. The van der Waals surface area contributed by atoms with Gasteiger partial charge in [0, 0.05) is 43.5 Å². The number of aliphatic hydroxyl groups is 1. The number of fused-ring (bicyclic) bond motifs is 1. The fraction of sp³-hybridized carbons (Fsp3) is 0.438. The summed E-state index contributed by atoms with van der Waals surface area (Å²) >= 11 is 1.39. The van der Waals surface area contributed by atoms with Gasteiger partial charge in [0.2, 0.25) is 0 Å². The zero-order valence-electron chi connectivity index (χ0n) is 25.1. The second-order valence-electron chi connectivity index (χ2n) is 11.3. The fourth-order valence-corrected chi connectivity index (χ4v) is 5.75. The minimum atomic E-state index is -1.07. The Labute approximate surface area is 261 Å². The number of nitrogens with one attached hydrogen (secondary N) is 1. The van der Waals surface area contributed by atoms with E-state index in [2.05, 4.69) is 20.2 Å². The summed E-state index contributed by atoms with van der Waals surface area (Å²) in [5.74, 6) is -0.242. The van der Waals surface area contributed by atoms with E-state index in [1.165, 1.54) is 11.3 Å². The first-order valence-electron chi connectivity index (χ1n) is 15.1. The Morgan fingerprint density at radius 1 is 1.23 bits per heavy atom. The van der Waals surface area contributed by atoms with Crippen LogP contribution >= 0.6 is 11.3 Å². The molecule has 234 valence electrons. The molecule has 2 aromatic carbocycles. The number of nitrogens with two attached hydrogens (primary N) is 1. The number of oxazole rings is 1. The van der Waals surface area contributed by atoms with Gasteiger partial charge in [0.05, 0.1) is 22.5 Å². The third-order valence-electron chi connectivity index (χ3n) is 8.10. The summed E-state index contributed by atoms with van der Waals surface area (Å²) in [6, 6.07) is 14.7. The largest absolute Gasteiger partial charge is 0.444 e. The van der Waals surface area contributed by atoms with Crippen LogP contribution in [0.1, 0.15) is 53.9 Å². The maximum atomic E-state index is 13.9. The van der Waals surface area contributed by atoms with Crippen molar-refractivity contribution in [3.63, 3.8) is 0 Å². The van der Waals surface area contributed by atoms with Gasteiger partial charge in [0.1, 0.15) is 12.1 Å². The predicted molar refractivity (Wildman–Crippen MR) is 170 cm³/mol. The number of piperidine rings is 1. The van der Waals surface area contributed by atoms with Gasteiger partial charge < -0.3 is 35.1 Å². The zero-order valence-corrected chi connectivity index (χ0v) is 25.9. The van der Waals surface area contributed by atoms with Crippen molar-refractivity contribution in [3.05, 3.63) is 76.2 Å². The summed E-state index contributed by atoms with van der Waals surface area (Å²) in [6.07, 6.45) is 2.70. The average molecular weight is 621 g/mol. The van der Waals surface area contributed by atoms with Crippen molar-refractivity contribution in [2.75, 3.05) is 24.5 Å². The first-order valence-corrected chi connectivity index (χ1v) is 15.9. The molecule has 0 aliphatic carbocycles. The van der Waals surface area contributed by atoms with Crippen molar-refractivity contribution in [1.82, 2.24) is 20.2 Å². The highest BCUT2D eigenvalue weighted by atomic mass is 32.1. The van der Waals surface area contributed by atoms with Gasteiger partial charge in [-0.15, -0.1) is 11.3 Å². The Morgan fingerprint density at radius 2 is 2.00 bits per heavy atom. The highest BCUT2D eigenvalue weighted by molar-refractivity contribution is 7.09. The number of alkyl carbamates (subject to hydrolysis) is 1. The van der Waals surface area contributed by atoms with Crippen LogP contribution in [-0.2, 0) is 17.8 Å². The summed E-state index contributed by atoms with van der Waals surface area (Å²) in [5, 5.41) is 14.3. The lowest BCUT2D eigenvalue weighted by Gasteiger charge is -2.33. The molecule has 0 spiro atoms. The zero-order chi connectivity index (χ0) is 31.1. The van der Waals surface area contributed by atoms with Crippen LogP contribution in [0.5, 0.6) is 0 Å². The average Bonchev–Trinajstić information content (AvgIpc) is 3.72. The third kappa shape index (κ3) is 7.93. The molecule has 0 radical (unpaired) electrons. The molecule has 1 fully saturated rings. The number of hydrogen-bond donors (Lipinski definition) is 3. The number of anilines is 1. The molecule has 11 nitrogen and oxygen atoms in total. The van der Waals surface area contributed by atoms with E-state index >= 15 is 0 Å². The molecule has 12 heteroatoms. The Balaban J connectivity index is 1.31. The lowest BCUT2D eigenvalue weighted by Crippen LogP contribution is -2.52. The van der Waals surface area contributed by atoms with E-state index in [1.54, 1.807) is 34.8 Å². The quantitative estimate of drug-likeness (QED) is 0.210. The van der Waals surface area contributed by atoms with Crippen LogP contribution in [0.2, 0.25) is 0 Å². The summed E-state index contributed by atoms with van der Waals surface area (Å²) < 4.78 is 11.5. The minimum Gasteiger partial charge on any atom is -0.444 e. The lowest BCUT2D eigenvalue weighted by molar-refractivity contribution is 0.0424. The van der Waals surface area contributed by atoms with Gasteiger partial charge >= 0.3 is 6.09 Å². The Morgan fingerprint density at radius 3 is 2.70 bits per heavy atom. The highest BCUT2D eigenvalue weighted by Crippen LogP contribution is 2.26. The number of carbonyl (C=O) groups is 2. The molecule has 4 N–H and O–H groups in total. The first-order chi connectivity index (χ1) is 21.3. The SMILES string of the molecule is CCC(C)N(CC(O)[C@H](Cc1ccccc1)NC(=O)OCc1cncs1)C(=O)c1ccc2nc(N3CCC(N)CC3)oc2c1. The van der Waals surface area contributed by atoms with Crippen LogP contribution in [0.25, 0.3) is 11.1 Å². The number of rotatable bonds is 12. The third-order valence-corrected chi connectivity index (χ3v) is 8.85. The van der Waals surface area contributed by atoms with E-state index in [9.17, 15) is 14.7 Å². The highest BCUT2D eigenvalue weighted by Gasteiger charge is 2.30. The molecule has 2 aromatic heterocycles. The smallest absolute Gasteiger partial charge is 0.407 e. The van der Waals surface area contributed by atoms with Gasteiger partial charge in [-0.05, 0) is 56.4 Å². The van der Waals surface area contributed by atoms with Gasteiger partial charge in [-0.1, -0.05) is 37.3 Å². The molecule has 3 heterocycles. The van der Waals surface area contributed by atoms with Crippen LogP contribution in [0.4, 0.5) is 10.8 Å². The van der Waals surface area contributed by atoms with Crippen molar-refractivity contribution in [3.8, 4) is 0 Å². The summed E-state index contributed by atoms with van der Waals surface area (Å²) in [6.45, 7) is 5.57. The molecule has 1 aliphatic heterocycles. The summed E-state index contributed by atoms with van der Waals surface area (Å²) in [7, 11) is 0. The molecule has 1 saturated heterocycles. The van der Waals surface area contributed by atoms with Gasteiger partial charge in [-0.2, -0.15) is 4.98 Å². The monoisotopic (exact) mass is 620 g/mol. The first kappa shape index (κ1) is 31.4. The van der Waals surface area contributed by atoms with E-state index in [0.29, 0.717) is 35.5 Å². The second-order valence-corrected chi connectivity index (χ2v) is 12.2. The van der Waals surface area contributed by atoms with Crippen molar-refractivity contribution in [2.24, 2.45) is 5.73 Å². The Hall–Kier alpha value is -4.00. The lowest BCUT2D eigenvalue weighted by atomic mass is 10.00. The van der Waals surface area contributed by atoms with Crippen molar-refractivity contribution in [1.29, 1.82) is 0 Å². The summed E-state index contributed by atoms with van der Waals surface area (Å²) in [4.78, 5) is 39.8. The van der Waals surface area contributed by atoms with Crippen molar-refractivity contribution < 1.29 is 23.8 Å². The van der Waals surface area contributed by atoms with Gasteiger partial charge in [-0.25, -0.2) is 4.79 Å². The van der Waals surface area contributed by atoms with E-state index in [1.807, 2.05) is 44.2 Å². The molecule has 2 amide bonds. The van der Waals surface area contributed by atoms with Crippen molar-refractivity contribution in [2.45, 2.75) is 70.4 Å². The topological polar surface area (TPSA) is 147 Å². The molecule has 4 aromatic rings. The van der Waals surface area contributed by atoms with Crippen LogP contribution in [0.3, 0.4) is 0 Å². The number of amides is 2. The maximum absolute atomic E-state index is 13.9. The fourth-order valence-electron chi connectivity index (χ4n) is 5.24. The number of aliphatic hydroxyl groups excluding tert-OH is 1. The second kappa shape index (κ2) is 14.7. The van der Waals surface area contributed by atoms with Crippen LogP contribution in [-0.4, -0.2) is 75.8 Å². The number of benzene rings is 2. The maximum Gasteiger partial charge on any atom is 0.407 e. The number of hydrogen-bond acceptors (Lipinski definition) is 10. The van der Waals surface area contributed by atoms with E-state index in [4.69, 9.17) is 14.9 Å². The number of nitrogens with zero attached hydrogens (tertiary/aromatic N) is 4. The molecule has 2 unspecified atom stereocenters. The molecule has 0 bridgehead atoms. The van der Waals surface area contributed by atoms with Gasteiger partial charge in [-0.3, -0.25) is 9.78 Å². The number of thiazole rings is 1. The molecule has 1 aliphatic rings. The normalized spacial score (nSPS) is 16.0. The molecule has 3 atom stereocenters. The molecule has 5 rings (SSSR count). The molecule has 44 heavy (non-hydrogen) atoms. The molecule has 0 saturated carbocycles. The van der Waals surface area contributed by atoms with E-state index in [0.717, 1.165) is 36.4 Å². The van der Waals surface area contributed by atoms with E-state index in [-0.39, 0.29) is 31.1 Å². The number of ether oxygens (including phenoxy) is 1. The van der Waals surface area contributed by atoms with Crippen LogP contribution < -0.4 is 16.0 Å². The van der Waals surface area contributed by atoms with Gasteiger partial charge in [0.15, 0.2) is 5.58 Å². The summed E-state index contributed by atoms with van der Waals surface area (Å²) in [5.41, 5.74) is 10.3. The van der Waals surface area contributed by atoms with Crippen LogP contribution in [0.15, 0.2) is 64.7 Å². The number of carbonyl (C=O) groups excluding carboxylic acids is 2. The Kier molecular flexibility index (Phi) is 10.5.